The molecule has 0 spiro atoms. The highest BCUT2D eigenvalue weighted by Crippen LogP contribution is 2.28. The highest BCUT2D eigenvalue weighted by atomic mass is 14.9. The van der Waals surface area contributed by atoms with Gasteiger partial charge in [0.05, 0.1) is 6.04 Å². The molecule has 2 heteroatoms. The van der Waals surface area contributed by atoms with Crippen molar-refractivity contribution in [3.8, 4) is 0 Å². The largest absolute Gasteiger partial charge is 0.307 e. The van der Waals surface area contributed by atoms with E-state index in [0.29, 0.717) is 6.04 Å². The third-order valence-electron chi connectivity index (χ3n) is 3.86. The average molecular weight is 258 g/mol. The Labute approximate surface area is 117 Å². The molecule has 1 aliphatic carbocycles. The minimum absolute atomic E-state index is 0.379. The molecule has 1 atom stereocenters. The van der Waals surface area contributed by atoms with Crippen LogP contribution < -0.4 is 5.32 Å². The topological polar surface area (TPSA) is 24.9 Å². The number of allylic oxidation sites excluding steroid dienone is 1. The second kappa shape index (κ2) is 7.44. The number of likely N-dealkylation sites (N-methyl/N-ethyl adjacent to an activating group) is 1. The van der Waals surface area contributed by atoms with Gasteiger partial charge in [-0.25, -0.2) is 0 Å². The number of rotatable bonds is 4. The first-order chi connectivity index (χ1) is 9.31. The van der Waals surface area contributed by atoms with Crippen molar-refractivity contribution in [2.45, 2.75) is 58.4 Å². The highest BCUT2D eigenvalue weighted by Gasteiger charge is 2.16. The van der Waals surface area contributed by atoms with Gasteiger partial charge in [0.1, 0.15) is 0 Å². The molecule has 104 valence electrons. The molecule has 0 fully saturated rings. The quantitative estimate of drug-likeness (QED) is 0.813. The summed E-state index contributed by atoms with van der Waals surface area (Å²) in [6.07, 6.45) is 12.3. The Balaban J connectivity index is 2.22. The predicted octanol–water partition coefficient (Wildman–Crippen LogP) is 4.32. The minimum atomic E-state index is 0.379. The molecule has 0 bridgehead atoms. The molecule has 1 heterocycles. The summed E-state index contributed by atoms with van der Waals surface area (Å²) >= 11 is 0. The number of nitrogens with one attached hydrogen (secondary N) is 1. The molecule has 1 aromatic heterocycles. The van der Waals surface area contributed by atoms with Gasteiger partial charge in [0.15, 0.2) is 0 Å². The molecule has 19 heavy (non-hydrogen) atoms. The van der Waals surface area contributed by atoms with Crippen LogP contribution in [-0.2, 0) is 0 Å². The number of nitrogens with zero attached hydrogens (tertiary/aromatic N) is 1. The smallest absolute Gasteiger partial charge is 0.0537 e. The van der Waals surface area contributed by atoms with E-state index in [9.17, 15) is 0 Å². The minimum Gasteiger partial charge on any atom is -0.307 e. The Kier molecular flexibility index (Phi) is 5.59. The molecule has 1 aliphatic rings. The molecule has 0 saturated heterocycles. The Morgan fingerprint density at radius 3 is 2.89 bits per heavy atom. The van der Waals surface area contributed by atoms with E-state index in [1.807, 2.05) is 6.20 Å². The molecule has 0 aromatic carbocycles. The second-order valence-electron chi connectivity index (χ2n) is 5.45. The summed E-state index contributed by atoms with van der Waals surface area (Å²) in [5.41, 5.74) is 4.04. The summed E-state index contributed by atoms with van der Waals surface area (Å²) in [7, 11) is 0. The lowest BCUT2D eigenvalue weighted by molar-refractivity contribution is 0.553. The van der Waals surface area contributed by atoms with Crippen LogP contribution in [0.25, 0.3) is 0 Å². The molecule has 2 nitrogen and oxygen atoms in total. The van der Waals surface area contributed by atoms with E-state index < -0.39 is 0 Å². The van der Waals surface area contributed by atoms with Crippen LogP contribution in [0.2, 0.25) is 0 Å². The van der Waals surface area contributed by atoms with Gasteiger partial charge in [0.2, 0.25) is 0 Å². The van der Waals surface area contributed by atoms with Gasteiger partial charge in [-0.2, -0.15) is 0 Å². The van der Waals surface area contributed by atoms with Gasteiger partial charge in [0.25, 0.3) is 0 Å². The zero-order valence-corrected chi connectivity index (χ0v) is 12.3. The van der Waals surface area contributed by atoms with Crippen LogP contribution in [0, 0.1) is 6.92 Å². The Morgan fingerprint density at radius 2 is 2.11 bits per heavy atom. The van der Waals surface area contributed by atoms with E-state index in [-0.39, 0.29) is 0 Å². The molecule has 2 rings (SSSR count). The molecule has 0 aliphatic heterocycles. The Morgan fingerprint density at radius 1 is 1.26 bits per heavy atom. The maximum absolute atomic E-state index is 4.31. The number of aromatic nitrogens is 1. The van der Waals surface area contributed by atoms with Crippen molar-refractivity contribution in [1.82, 2.24) is 10.3 Å². The summed E-state index contributed by atoms with van der Waals surface area (Å²) < 4.78 is 0. The van der Waals surface area contributed by atoms with Gasteiger partial charge in [-0.1, -0.05) is 31.4 Å². The highest BCUT2D eigenvalue weighted by molar-refractivity contribution is 5.28. The maximum atomic E-state index is 4.31. The first-order valence-corrected chi connectivity index (χ1v) is 7.66. The SMILES string of the molecule is CCNC(/C1=C/CCCCCC1)c1ccnc(C)c1. The van der Waals surface area contributed by atoms with E-state index in [1.165, 1.54) is 44.1 Å². The monoisotopic (exact) mass is 258 g/mol. The van der Waals surface area contributed by atoms with Crippen molar-refractivity contribution in [3.05, 3.63) is 41.2 Å². The van der Waals surface area contributed by atoms with Crippen LogP contribution in [0.3, 0.4) is 0 Å². The summed E-state index contributed by atoms with van der Waals surface area (Å²) in [5, 5.41) is 3.65. The molecule has 0 amide bonds. The van der Waals surface area contributed by atoms with Crippen LogP contribution in [0.4, 0.5) is 0 Å². The molecule has 1 unspecified atom stereocenters. The predicted molar refractivity (Wildman–Crippen MR) is 81.2 cm³/mol. The van der Waals surface area contributed by atoms with Crippen molar-refractivity contribution in [3.63, 3.8) is 0 Å². The van der Waals surface area contributed by atoms with Crippen molar-refractivity contribution in [2.24, 2.45) is 0 Å². The van der Waals surface area contributed by atoms with E-state index in [1.54, 1.807) is 5.57 Å². The van der Waals surface area contributed by atoms with Crippen molar-refractivity contribution in [1.29, 1.82) is 0 Å². The summed E-state index contributed by atoms with van der Waals surface area (Å²) in [5.74, 6) is 0. The first kappa shape index (κ1) is 14.3. The van der Waals surface area contributed by atoms with Gasteiger partial charge in [0, 0.05) is 11.9 Å². The van der Waals surface area contributed by atoms with Crippen LogP contribution in [0.1, 0.15) is 62.7 Å². The third kappa shape index (κ3) is 4.17. The lowest BCUT2D eigenvalue weighted by Crippen LogP contribution is -2.23. The normalized spacial score (nSPS) is 21.1. The number of hydrogen-bond acceptors (Lipinski definition) is 2. The van der Waals surface area contributed by atoms with Gasteiger partial charge in [-0.15, -0.1) is 0 Å². The van der Waals surface area contributed by atoms with E-state index in [0.717, 1.165) is 12.2 Å². The number of pyridine rings is 1. The average Bonchev–Trinajstić information content (AvgIpc) is 2.36. The summed E-state index contributed by atoms with van der Waals surface area (Å²) in [4.78, 5) is 4.31. The van der Waals surface area contributed by atoms with Gasteiger partial charge in [-0.05, 0) is 56.8 Å². The summed E-state index contributed by atoms with van der Waals surface area (Å²) in [6.45, 7) is 5.26. The standard InChI is InChI=1S/C17H26N2/c1-3-18-17(16-11-12-19-14(2)13-16)15-9-7-5-4-6-8-10-15/h9,11-13,17-18H,3-8,10H2,1-2H3/b15-9+. The second-order valence-corrected chi connectivity index (χ2v) is 5.45. The van der Waals surface area contributed by atoms with Gasteiger partial charge < -0.3 is 5.32 Å². The zero-order valence-electron chi connectivity index (χ0n) is 12.3. The van der Waals surface area contributed by atoms with Crippen molar-refractivity contribution in [2.75, 3.05) is 6.54 Å². The van der Waals surface area contributed by atoms with Crippen LogP contribution in [-0.4, -0.2) is 11.5 Å². The lowest BCUT2D eigenvalue weighted by Gasteiger charge is -2.23. The fourth-order valence-electron chi connectivity index (χ4n) is 2.89. The first-order valence-electron chi connectivity index (χ1n) is 7.66. The van der Waals surface area contributed by atoms with Crippen molar-refractivity contribution < 1.29 is 0 Å². The molecular formula is C17H26N2. The Bertz CT molecular complexity index is 423. The molecule has 0 radical (unpaired) electrons. The molecule has 1 aromatic rings. The zero-order chi connectivity index (χ0) is 13.5. The summed E-state index contributed by atoms with van der Waals surface area (Å²) in [6, 6.07) is 4.75. The van der Waals surface area contributed by atoms with Crippen molar-refractivity contribution >= 4 is 0 Å². The fraction of sp³-hybridized carbons (Fsp3) is 0.588. The van der Waals surface area contributed by atoms with Crippen LogP contribution >= 0.6 is 0 Å². The van der Waals surface area contributed by atoms with Gasteiger partial charge in [-0.3, -0.25) is 4.98 Å². The molecule has 1 N–H and O–H groups in total. The molecular weight excluding hydrogens is 232 g/mol. The number of aryl methyl sites for hydroxylation is 1. The van der Waals surface area contributed by atoms with Gasteiger partial charge >= 0.3 is 0 Å². The lowest BCUT2D eigenvalue weighted by atomic mass is 9.91. The maximum Gasteiger partial charge on any atom is 0.0537 e. The van der Waals surface area contributed by atoms with E-state index in [4.69, 9.17) is 0 Å². The fourth-order valence-corrected chi connectivity index (χ4v) is 2.89. The van der Waals surface area contributed by atoms with E-state index in [2.05, 4.69) is 42.4 Å². The molecule has 0 saturated carbocycles. The number of hydrogen-bond donors (Lipinski definition) is 1. The Hall–Kier alpha value is -1.15. The van der Waals surface area contributed by atoms with E-state index >= 15 is 0 Å². The van der Waals surface area contributed by atoms with Crippen LogP contribution in [0.15, 0.2) is 30.0 Å². The van der Waals surface area contributed by atoms with Crippen LogP contribution in [0.5, 0.6) is 0 Å². The third-order valence-corrected chi connectivity index (χ3v) is 3.86.